The summed E-state index contributed by atoms with van der Waals surface area (Å²) in [7, 11) is 0. The molecule has 1 fully saturated rings. The van der Waals surface area contributed by atoms with Gasteiger partial charge in [-0.3, -0.25) is 14.9 Å². The number of hydrogen-bond donors (Lipinski definition) is 2. The zero-order valence-corrected chi connectivity index (χ0v) is 11.7. The van der Waals surface area contributed by atoms with Crippen molar-refractivity contribution in [3.05, 3.63) is 0 Å². The van der Waals surface area contributed by atoms with Gasteiger partial charge in [-0.25, -0.2) is 4.79 Å². The largest absolute Gasteiger partial charge is 0.481 e. The lowest BCUT2D eigenvalue weighted by atomic mass is 9.89. The Hall–Kier alpha value is -1.59. The summed E-state index contributed by atoms with van der Waals surface area (Å²) in [5.74, 6) is -1.05. The molecule has 0 atom stereocenters. The van der Waals surface area contributed by atoms with Gasteiger partial charge in [-0.2, -0.15) is 0 Å². The van der Waals surface area contributed by atoms with E-state index in [2.05, 4.69) is 5.32 Å². The Morgan fingerprint density at radius 2 is 1.89 bits per heavy atom. The van der Waals surface area contributed by atoms with Gasteiger partial charge in [-0.15, -0.1) is 0 Å². The summed E-state index contributed by atoms with van der Waals surface area (Å²) in [4.78, 5) is 36.0. The summed E-state index contributed by atoms with van der Waals surface area (Å²) in [6.07, 6.45) is 2.04. The second-order valence-electron chi connectivity index (χ2n) is 5.70. The Morgan fingerprint density at radius 3 is 2.32 bits per heavy atom. The molecule has 0 aromatic heterocycles. The lowest BCUT2D eigenvalue weighted by molar-refractivity contribution is -0.149. The van der Waals surface area contributed by atoms with Gasteiger partial charge in [-0.1, -0.05) is 0 Å². The van der Waals surface area contributed by atoms with Crippen LogP contribution in [0.25, 0.3) is 0 Å². The highest BCUT2D eigenvalue weighted by atomic mass is 16.4. The average molecular weight is 270 g/mol. The van der Waals surface area contributed by atoms with Gasteiger partial charge in [-0.05, 0) is 39.5 Å². The van der Waals surface area contributed by atoms with Gasteiger partial charge in [0.25, 0.3) is 0 Å². The highest BCUT2D eigenvalue weighted by molar-refractivity contribution is 5.96. The minimum atomic E-state index is -1.17. The number of carbonyl (C=O) groups excluding carboxylic acids is 2. The van der Waals surface area contributed by atoms with E-state index >= 15 is 0 Å². The number of amides is 3. The van der Waals surface area contributed by atoms with Gasteiger partial charge in [0.1, 0.15) is 0 Å². The van der Waals surface area contributed by atoms with E-state index in [0.717, 1.165) is 12.8 Å². The first-order valence-corrected chi connectivity index (χ1v) is 6.58. The maximum Gasteiger partial charge on any atom is 0.324 e. The molecule has 3 amide bonds. The first kappa shape index (κ1) is 15.5. The van der Waals surface area contributed by atoms with Gasteiger partial charge >= 0.3 is 12.0 Å². The molecule has 108 valence electrons. The molecule has 6 nitrogen and oxygen atoms in total. The number of carboxylic acids is 1. The van der Waals surface area contributed by atoms with E-state index in [4.69, 9.17) is 5.11 Å². The standard InChI is InChI=1S/C13H22N2O4/c1-4-15(8-9-5-6-9)12(19)14-10(16)7-13(2,3)11(17)18/h9H,4-8H2,1-3H3,(H,17,18)(H,14,16,19). The Balaban J connectivity index is 2.45. The van der Waals surface area contributed by atoms with E-state index in [1.807, 2.05) is 6.92 Å². The first-order chi connectivity index (χ1) is 8.76. The maximum absolute atomic E-state index is 11.9. The molecule has 0 aromatic carbocycles. The van der Waals surface area contributed by atoms with Gasteiger partial charge in [0, 0.05) is 19.5 Å². The molecule has 0 bridgehead atoms. The third-order valence-electron chi connectivity index (χ3n) is 3.27. The molecule has 6 heteroatoms. The van der Waals surface area contributed by atoms with Crippen molar-refractivity contribution in [3.63, 3.8) is 0 Å². The molecule has 1 rings (SSSR count). The topological polar surface area (TPSA) is 86.7 Å². The monoisotopic (exact) mass is 270 g/mol. The summed E-state index contributed by atoms with van der Waals surface area (Å²) in [6, 6.07) is -0.430. The van der Waals surface area contributed by atoms with E-state index in [9.17, 15) is 14.4 Å². The minimum absolute atomic E-state index is 0.213. The number of carboxylic acid groups (broad SMARTS) is 1. The van der Waals surface area contributed by atoms with Crippen molar-refractivity contribution in [2.45, 2.75) is 40.0 Å². The third-order valence-corrected chi connectivity index (χ3v) is 3.27. The fraction of sp³-hybridized carbons (Fsp3) is 0.769. The third kappa shape index (κ3) is 4.89. The summed E-state index contributed by atoms with van der Waals surface area (Å²) in [5.41, 5.74) is -1.17. The lowest BCUT2D eigenvalue weighted by Gasteiger charge is -2.22. The molecule has 0 aromatic rings. The SMILES string of the molecule is CCN(CC1CC1)C(=O)NC(=O)CC(C)(C)C(=O)O. The first-order valence-electron chi connectivity index (χ1n) is 6.58. The number of nitrogens with zero attached hydrogens (tertiary/aromatic N) is 1. The Morgan fingerprint density at radius 1 is 1.32 bits per heavy atom. The summed E-state index contributed by atoms with van der Waals surface area (Å²) in [6.45, 7) is 5.98. The number of rotatable bonds is 6. The zero-order valence-electron chi connectivity index (χ0n) is 11.7. The number of aliphatic carboxylic acids is 1. The number of carbonyl (C=O) groups is 3. The van der Waals surface area contributed by atoms with Crippen molar-refractivity contribution < 1.29 is 19.5 Å². The lowest BCUT2D eigenvalue weighted by Crippen LogP contribution is -2.45. The van der Waals surface area contributed by atoms with E-state index in [1.54, 1.807) is 4.90 Å². The molecule has 0 aliphatic heterocycles. The minimum Gasteiger partial charge on any atom is -0.481 e. The van der Waals surface area contributed by atoms with Crippen LogP contribution in [0.4, 0.5) is 4.79 Å². The fourth-order valence-electron chi connectivity index (χ4n) is 1.69. The number of urea groups is 1. The molecule has 0 radical (unpaired) electrons. The quantitative estimate of drug-likeness (QED) is 0.765. The normalized spacial score (nSPS) is 14.9. The Bertz CT molecular complexity index is 375. The van der Waals surface area contributed by atoms with Crippen LogP contribution >= 0.6 is 0 Å². The second-order valence-corrected chi connectivity index (χ2v) is 5.70. The van der Waals surface area contributed by atoms with Crippen molar-refractivity contribution in [3.8, 4) is 0 Å². The smallest absolute Gasteiger partial charge is 0.324 e. The maximum atomic E-state index is 11.9. The van der Waals surface area contributed by atoms with Crippen LogP contribution in [-0.2, 0) is 9.59 Å². The van der Waals surface area contributed by atoms with Crippen LogP contribution in [0.5, 0.6) is 0 Å². The van der Waals surface area contributed by atoms with Crippen LogP contribution in [0.3, 0.4) is 0 Å². The number of imide groups is 1. The average Bonchev–Trinajstić information content (AvgIpc) is 3.08. The van der Waals surface area contributed by atoms with E-state index in [0.29, 0.717) is 19.0 Å². The zero-order chi connectivity index (χ0) is 14.6. The van der Waals surface area contributed by atoms with E-state index in [1.165, 1.54) is 13.8 Å². The van der Waals surface area contributed by atoms with Crippen molar-refractivity contribution >= 4 is 17.9 Å². The summed E-state index contributed by atoms with van der Waals surface area (Å²) >= 11 is 0. The molecular weight excluding hydrogens is 248 g/mol. The van der Waals surface area contributed by atoms with Gasteiger partial charge < -0.3 is 10.0 Å². The van der Waals surface area contributed by atoms with Crippen LogP contribution in [0.15, 0.2) is 0 Å². The van der Waals surface area contributed by atoms with E-state index in [-0.39, 0.29) is 6.42 Å². The Labute approximate surface area is 113 Å². The molecule has 1 aliphatic rings. The van der Waals surface area contributed by atoms with Gasteiger partial charge in [0.2, 0.25) is 5.91 Å². The van der Waals surface area contributed by atoms with Crippen molar-refractivity contribution in [1.82, 2.24) is 10.2 Å². The highest BCUT2D eigenvalue weighted by Gasteiger charge is 2.32. The number of hydrogen-bond acceptors (Lipinski definition) is 3. The highest BCUT2D eigenvalue weighted by Crippen LogP contribution is 2.29. The molecule has 19 heavy (non-hydrogen) atoms. The van der Waals surface area contributed by atoms with Crippen molar-refractivity contribution in [2.75, 3.05) is 13.1 Å². The van der Waals surface area contributed by atoms with E-state index < -0.39 is 23.3 Å². The summed E-state index contributed by atoms with van der Waals surface area (Å²) < 4.78 is 0. The van der Waals surface area contributed by atoms with Gasteiger partial charge in [0.15, 0.2) is 0 Å². The predicted octanol–water partition coefficient (Wildman–Crippen LogP) is 1.46. The van der Waals surface area contributed by atoms with Crippen LogP contribution < -0.4 is 5.32 Å². The van der Waals surface area contributed by atoms with Crippen LogP contribution in [0, 0.1) is 11.3 Å². The fourth-order valence-corrected chi connectivity index (χ4v) is 1.69. The summed E-state index contributed by atoms with van der Waals surface area (Å²) in [5, 5.41) is 11.2. The predicted molar refractivity (Wildman–Crippen MR) is 69.5 cm³/mol. The molecule has 0 saturated heterocycles. The second kappa shape index (κ2) is 6.04. The molecule has 0 spiro atoms. The van der Waals surface area contributed by atoms with Crippen molar-refractivity contribution in [1.29, 1.82) is 0 Å². The Kier molecular flexibility index (Phi) is 4.91. The van der Waals surface area contributed by atoms with Crippen molar-refractivity contribution in [2.24, 2.45) is 11.3 Å². The van der Waals surface area contributed by atoms with Crippen LogP contribution in [0.1, 0.15) is 40.0 Å². The van der Waals surface area contributed by atoms with Gasteiger partial charge in [0.05, 0.1) is 5.41 Å². The molecule has 2 N–H and O–H groups in total. The molecular formula is C13H22N2O4. The van der Waals surface area contributed by atoms with Crippen LogP contribution in [0.2, 0.25) is 0 Å². The molecule has 0 heterocycles. The molecule has 1 saturated carbocycles. The molecule has 0 unspecified atom stereocenters. The molecule has 1 aliphatic carbocycles. The number of nitrogens with one attached hydrogen (secondary N) is 1. The van der Waals surface area contributed by atoms with Crippen LogP contribution in [-0.4, -0.2) is 41.0 Å².